The molecule has 0 aliphatic rings. The Bertz CT molecular complexity index is 762. The third kappa shape index (κ3) is 2.24. The van der Waals surface area contributed by atoms with Gasteiger partial charge in [0, 0.05) is 5.56 Å². The Kier molecular flexibility index (Phi) is 3.65. The summed E-state index contributed by atoms with van der Waals surface area (Å²) in [6.07, 6.45) is 0. The molecular formula is C16H16N4O2. The van der Waals surface area contributed by atoms with Crippen LogP contribution in [0.25, 0.3) is 17.1 Å². The van der Waals surface area contributed by atoms with E-state index < -0.39 is 0 Å². The van der Waals surface area contributed by atoms with E-state index in [0.29, 0.717) is 23.0 Å². The molecular weight excluding hydrogens is 280 g/mol. The van der Waals surface area contributed by atoms with Crippen LogP contribution in [0.4, 0.5) is 5.95 Å². The number of nitrogens with zero attached hydrogens (tertiary/aromatic N) is 3. The summed E-state index contributed by atoms with van der Waals surface area (Å²) in [7, 11) is 3.20. The number of aromatic nitrogens is 3. The molecule has 0 saturated heterocycles. The average molecular weight is 296 g/mol. The number of hydrogen-bond donors (Lipinski definition) is 1. The number of benzene rings is 2. The number of anilines is 1. The van der Waals surface area contributed by atoms with Crippen LogP contribution in [0.3, 0.4) is 0 Å². The first-order valence-electron chi connectivity index (χ1n) is 6.74. The highest BCUT2D eigenvalue weighted by atomic mass is 16.5. The minimum absolute atomic E-state index is 0.265. The van der Waals surface area contributed by atoms with E-state index in [2.05, 4.69) is 10.2 Å². The van der Waals surface area contributed by atoms with Gasteiger partial charge in [0.1, 0.15) is 17.2 Å². The van der Waals surface area contributed by atoms with E-state index in [-0.39, 0.29) is 5.95 Å². The number of para-hydroxylation sites is 1. The summed E-state index contributed by atoms with van der Waals surface area (Å²) in [6.45, 7) is 0. The number of hydrogen-bond acceptors (Lipinski definition) is 5. The summed E-state index contributed by atoms with van der Waals surface area (Å²) in [6, 6.07) is 15.2. The van der Waals surface area contributed by atoms with E-state index in [0.717, 1.165) is 5.56 Å². The van der Waals surface area contributed by atoms with Crippen molar-refractivity contribution in [3.05, 3.63) is 48.5 Å². The van der Waals surface area contributed by atoms with Crippen LogP contribution >= 0.6 is 0 Å². The zero-order chi connectivity index (χ0) is 15.5. The van der Waals surface area contributed by atoms with Gasteiger partial charge in [0.05, 0.1) is 14.2 Å². The highest BCUT2D eigenvalue weighted by Crippen LogP contribution is 2.36. The van der Waals surface area contributed by atoms with E-state index >= 15 is 0 Å². The van der Waals surface area contributed by atoms with Crippen molar-refractivity contribution in [3.63, 3.8) is 0 Å². The summed E-state index contributed by atoms with van der Waals surface area (Å²) in [5.41, 5.74) is 7.61. The van der Waals surface area contributed by atoms with Crippen LogP contribution in [0.15, 0.2) is 48.5 Å². The Morgan fingerprint density at radius 2 is 1.50 bits per heavy atom. The van der Waals surface area contributed by atoms with Crippen LogP contribution < -0.4 is 15.2 Å². The molecule has 0 spiro atoms. The average Bonchev–Trinajstić information content (AvgIpc) is 2.96. The third-order valence-corrected chi connectivity index (χ3v) is 3.35. The maximum Gasteiger partial charge on any atom is 0.227 e. The third-order valence-electron chi connectivity index (χ3n) is 3.35. The first-order valence-corrected chi connectivity index (χ1v) is 6.74. The Morgan fingerprint density at radius 3 is 2.09 bits per heavy atom. The quantitative estimate of drug-likeness (QED) is 0.800. The largest absolute Gasteiger partial charge is 0.494 e. The van der Waals surface area contributed by atoms with E-state index in [1.165, 1.54) is 0 Å². The maximum absolute atomic E-state index is 6.04. The number of nitrogen functional groups attached to an aromatic ring is 1. The highest BCUT2D eigenvalue weighted by molar-refractivity contribution is 5.67. The Morgan fingerprint density at radius 1 is 0.864 bits per heavy atom. The molecule has 22 heavy (non-hydrogen) atoms. The van der Waals surface area contributed by atoms with Gasteiger partial charge in [-0.2, -0.15) is 0 Å². The van der Waals surface area contributed by atoms with Gasteiger partial charge < -0.3 is 15.2 Å². The van der Waals surface area contributed by atoms with E-state index in [1.54, 1.807) is 18.8 Å². The molecule has 0 unspecified atom stereocenters. The lowest BCUT2D eigenvalue weighted by atomic mass is 10.2. The van der Waals surface area contributed by atoms with Crippen molar-refractivity contribution < 1.29 is 9.47 Å². The smallest absolute Gasteiger partial charge is 0.227 e. The molecule has 1 heterocycles. The van der Waals surface area contributed by atoms with Crippen molar-refractivity contribution in [3.8, 4) is 28.6 Å². The minimum Gasteiger partial charge on any atom is -0.494 e. The molecule has 112 valence electrons. The predicted octanol–water partition coefficient (Wildman–Crippen LogP) is 2.53. The lowest BCUT2D eigenvalue weighted by Crippen LogP contribution is -2.06. The molecule has 0 atom stereocenters. The van der Waals surface area contributed by atoms with Crippen molar-refractivity contribution in [2.75, 3.05) is 20.0 Å². The number of nitrogens with two attached hydrogens (primary N) is 1. The number of methoxy groups -OCH3 is 2. The summed E-state index contributed by atoms with van der Waals surface area (Å²) >= 11 is 0. The topological polar surface area (TPSA) is 75.2 Å². The van der Waals surface area contributed by atoms with Crippen LogP contribution in [0.1, 0.15) is 0 Å². The molecule has 2 aromatic carbocycles. The van der Waals surface area contributed by atoms with Crippen LogP contribution in [-0.2, 0) is 0 Å². The minimum atomic E-state index is 0.265. The molecule has 0 fully saturated rings. The van der Waals surface area contributed by atoms with Crippen LogP contribution in [0, 0.1) is 0 Å². The number of ether oxygens (including phenoxy) is 2. The molecule has 1 aromatic heterocycles. The second-order valence-electron chi connectivity index (χ2n) is 4.59. The fourth-order valence-electron chi connectivity index (χ4n) is 2.34. The molecule has 0 aliphatic carbocycles. The van der Waals surface area contributed by atoms with Gasteiger partial charge in [0.25, 0.3) is 0 Å². The second-order valence-corrected chi connectivity index (χ2v) is 4.59. The molecule has 3 rings (SSSR count). The van der Waals surface area contributed by atoms with Gasteiger partial charge in [-0.1, -0.05) is 36.4 Å². The summed E-state index contributed by atoms with van der Waals surface area (Å²) in [5, 5.41) is 8.19. The standard InChI is InChI=1S/C16H16N4O2/c1-21-12-9-6-10-13(22-2)14(12)20-15(18-19-16(20)17)11-7-4-3-5-8-11/h3-10H,1-2H3,(H2,17,19). The second kappa shape index (κ2) is 5.77. The van der Waals surface area contributed by atoms with Crippen molar-refractivity contribution in [1.29, 1.82) is 0 Å². The fourth-order valence-corrected chi connectivity index (χ4v) is 2.34. The van der Waals surface area contributed by atoms with Crippen LogP contribution in [0.5, 0.6) is 11.5 Å². The van der Waals surface area contributed by atoms with Gasteiger partial charge >= 0.3 is 0 Å². The van der Waals surface area contributed by atoms with Gasteiger partial charge in [-0.25, -0.2) is 0 Å². The maximum atomic E-state index is 6.04. The molecule has 0 saturated carbocycles. The fraction of sp³-hybridized carbons (Fsp3) is 0.125. The van der Waals surface area contributed by atoms with Gasteiger partial charge in [-0.15, -0.1) is 10.2 Å². The normalized spacial score (nSPS) is 10.5. The lowest BCUT2D eigenvalue weighted by Gasteiger charge is -2.16. The molecule has 0 aliphatic heterocycles. The van der Waals surface area contributed by atoms with Gasteiger partial charge in [0.15, 0.2) is 5.82 Å². The SMILES string of the molecule is COc1cccc(OC)c1-n1c(N)nnc1-c1ccccc1. The predicted molar refractivity (Wildman–Crippen MR) is 84.3 cm³/mol. The Hall–Kier alpha value is -3.02. The van der Waals surface area contributed by atoms with Crippen molar-refractivity contribution in [2.45, 2.75) is 0 Å². The van der Waals surface area contributed by atoms with Crippen molar-refractivity contribution >= 4 is 5.95 Å². The summed E-state index contributed by atoms with van der Waals surface area (Å²) in [4.78, 5) is 0. The van der Waals surface area contributed by atoms with E-state index in [1.807, 2.05) is 48.5 Å². The highest BCUT2D eigenvalue weighted by Gasteiger charge is 2.20. The Labute approximate surface area is 128 Å². The number of rotatable bonds is 4. The van der Waals surface area contributed by atoms with Crippen LogP contribution in [0.2, 0.25) is 0 Å². The summed E-state index contributed by atoms with van der Waals surface area (Å²) < 4.78 is 12.6. The van der Waals surface area contributed by atoms with E-state index in [9.17, 15) is 0 Å². The first-order chi connectivity index (χ1) is 10.8. The Balaban J connectivity index is 2.28. The molecule has 0 radical (unpaired) electrons. The van der Waals surface area contributed by atoms with Crippen molar-refractivity contribution in [1.82, 2.24) is 14.8 Å². The molecule has 3 aromatic rings. The molecule has 0 bridgehead atoms. The zero-order valence-electron chi connectivity index (χ0n) is 12.4. The van der Waals surface area contributed by atoms with Gasteiger partial charge in [-0.3, -0.25) is 4.57 Å². The van der Waals surface area contributed by atoms with Gasteiger partial charge in [0.2, 0.25) is 5.95 Å². The molecule has 2 N–H and O–H groups in total. The van der Waals surface area contributed by atoms with Crippen LogP contribution in [-0.4, -0.2) is 29.0 Å². The van der Waals surface area contributed by atoms with Gasteiger partial charge in [-0.05, 0) is 12.1 Å². The lowest BCUT2D eigenvalue weighted by molar-refractivity contribution is 0.391. The molecule has 6 heteroatoms. The molecule has 0 amide bonds. The summed E-state index contributed by atoms with van der Waals surface area (Å²) in [5.74, 6) is 2.15. The monoisotopic (exact) mass is 296 g/mol. The zero-order valence-corrected chi connectivity index (χ0v) is 12.4. The van der Waals surface area contributed by atoms with Crippen molar-refractivity contribution in [2.24, 2.45) is 0 Å². The van der Waals surface area contributed by atoms with E-state index in [4.69, 9.17) is 15.2 Å². The first kappa shape index (κ1) is 13.9. The molecule has 6 nitrogen and oxygen atoms in total.